The highest BCUT2D eigenvalue weighted by Gasteiger charge is 2.12. The summed E-state index contributed by atoms with van der Waals surface area (Å²) in [6, 6.07) is 14.5. The Labute approximate surface area is 142 Å². The Morgan fingerprint density at radius 3 is 2.48 bits per heavy atom. The van der Waals surface area contributed by atoms with Gasteiger partial charge in [-0.3, -0.25) is 4.99 Å². The molecule has 1 heterocycles. The number of methoxy groups -OCH3 is 1. The maximum Gasteiger partial charge on any atom is 0.191 e. The van der Waals surface area contributed by atoms with Crippen LogP contribution in [0.4, 0.5) is 0 Å². The van der Waals surface area contributed by atoms with Crippen molar-refractivity contribution >= 4 is 17.3 Å². The van der Waals surface area contributed by atoms with Gasteiger partial charge in [-0.05, 0) is 17.0 Å². The fourth-order valence-electron chi connectivity index (χ4n) is 2.34. The van der Waals surface area contributed by atoms with Crippen molar-refractivity contribution in [3.63, 3.8) is 0 Å². The third-order valence-corrected chi connectivity index (χ3v) is 4.84. The van der Waals surface area contributed by atoms with Gasteiger partial charge in [0.15, 0.2) is 5.96 Å². The first kappa shape index (κ1) is 17.5. The van der Waals surface area contributed by atoms with E-state index in [1.165, 1.54) is 4.88 Å². The molecule has 2 N–H and O–H groups in total. The molecule has 0 aliphatic carbocycles. The highest BCUT2D eigenvalue weighted by Crippen LogP contribution is 2.19. The molecule has 124 valence electrons. The lowest BCUT2D eigenvalue weighted by atomic mass is 10.1. The van der Waals surface area contributed by atoms with Crippen LogP contribution in [0.3, 0.4) is 0 Å². The predicted molar refractivity (Wildman–Crippen MR) is 98.3 cm³/mol. The fraction of sp³-hybridized carbons (Fsp3) is 0.389. The van der Waals surface area contributed by atoms with Crippen molar-refractivity contribution in [3.8, 4) is 0 Å². The van der Waals surface area contributed by atoms with Gasteiger partial charge >= 0.3 is 0 Å². The van der Waals surface area contributed by atoms with Crippen LogP contribution >= 0.6 is 11.3 Å². The molecule has 0 saturated heterocycles. The average molecular weight is 331 g/mol. The molecular formula is C18H25N3OS. The lowest BCUT2D eigenvalue weighted by Crippen LogP contribution is -2.41. The van der Waals surface area contributed by atoms with Crippen molar-refractivity contribution in [2.24, 2.45) is 4.99 Å². The number of ether oxygens (including phenoxy) is 1. The molecule has 0 saturated carbocycles. The summed E-state index contributed by atoms with van der Waals surface area (Å²) < 4.78 is 5.57. The fourth-order valence-corrected chi connectivity index (χ4v) is 3.12. The molecule has 2 atom stereocenters. The summed E-state index contributed by atoms with van der Waals surface area (Å²) >= 11 is 1.79. The van der Waals surface area contributed by atoms with Crippen LogP contribution in [0.1, 0.15) is 29.4 Å². The first-order chi connectivity index (χ1) is 11.2. The van der Waals surface area contributed by atoms with E-state index < -0.39 is 0 Å². The van der Waals surface area contributed by atoms with Crippen molar-refractivity contribution in [2.75, 3.05) is 27.2 Å². The summed E-state index contributed by atoms with van der Waals surface area (Å²) in [7, 11) is 3.52. The number of thiophene rings is 1. The van der Waals surface area contributed by atoms with Crippen molar-refractivity contribution in [2.45, 2.75) is 18.9 Å². The van der Waals surface area contributed by atoms with Gasteiger partial charge in [-0.2, -0.15) is 0 Å². The first-order valence-corrected chi connectivity index (χ1v) is 8.68. The van der Waals surface area contributed by atoms with Crippen LogP contribution in [0.15, 0.2) is 52.8 Å². The minimum absolute atomic E-state index is 0.00414. The topological polar surface area (TPSA) is 45.7 Å². The average Bonchev–Trinajstić information content (AvgIpc) is 3.13. The number of guanidine groups is 1. The van der Waals surface area contributed by atoms with Crippen LogP contribution in [0.25, 0.3) is 0 Å². The van der Waals surface area contributed by atoms with Crippen molar-refractivity contribution in [3.05, 3.63) is 58.3 Å². The monoisotopic (exact) mass is 331 g/mol. The van der Waals surface area contributed by atoms with Gasteiger partial charge in [0.1, 0.15) is 0 Å². The molecule has 4 nitrogen and oxygen atoms in total. The number of nitrogens with one attached hydrogen (secondary N) is 2. The molecule has 0 bridgehead atoms. The van der Waals surface area contributed by atoms with Crippen LogP contribution in [-0.4, -0.2) is 33.2 Å². The standard InChI is InChI=1S/C18H25N3OS/c1-14(17-10-7-11-23-17)12-20-18(19-2)21-13-16(22-3)15-8-5-4-6-9-15/h4-11,14,16H,12-13H2,1-3H3,(H2,19,20,21). The van der Waals surface area contributed by atoms with Crippen molar-refractivity contribution < 1.29 is 4.74 Å². The second kappa shape index (κ2) is 9.33. The van der Waals surface area contributed by atoms with E-state index in [1.54, 1.807) is 25.5 Å². The minimum Gasteiger partial charge on any atom is -0.375 e. The molecule has 1 aromatic heterocycles. The molecule has 0 spiro atoms. The lowest BCUT2D eigenvalue weighted by Gasteiger charge is -2.19. The highest BCUT2D eigenvalue weighted by molar-refractivity contribution is 7.10. The summed E-state index contributed by atoms with van der Waals surface area (Å²) in [6.45, 7) is 3.74. The molecule has 1 aromatic carbocycles. The number of rotatable bonds is 7. The molecule has 23 heavy (non-hydrogen) atoms. The maximum absolute atomic E-state index is 5.57. The number of hydrogen-bond acceptors (Lipinski definition) is 3. The Hall–Kier alpha value is -1.85. The first-order valence-electron chi connectivity index (χ1n) is 7.80. The summed E-state index contributed by atoms with van der Waals surface area (Å²) in [4.78, 5) is 5.67. The SMILES string of the molecule is CN=C(NCC(C)c1cccs1)NCC(OC)c1ccccc1. The molecule has 0 amide bonds. The Balaban J connectivity index is 1.82. The Morgan fingerprint density at radius 2 is 1.87 bits per heavy atom. The van der Waals surface area contributed by atoms with Gasteiger partial charge in [0.05, 0.1) is 6.10 Å². The van der Waals surface area contributed by atoms with E-state index in [0.29, 0.717) is 12.5 Å². The van der Waals surface area contributed by atoms with Gasteiger partial charge in [0.25, 0.3) is 0 Å². The molecule has 2 aromatic rings. The van der Waals surface area contributed by atoms with Gasteiger partial charge in [0, 0.05) is 38.0 Å². The Bertz CT molecular complexity index is 584. The van der Waals surface area contributed by atoms with Crippen LogP contribution in [0, 0.1) is 0 Å². The van der Waals surface area contributed by atoms with Gasteiger partial charge < -0.3 is 15.4 Å². The van der Waals surface area contributed by atoms with Crippen LogP contribution in [0.5, 0.6) is 0 Å². The predicted octanol–water partition coefficient (Wildman–Crippen LogP) is 3.40. The molecule has 0 radical (unpaired) electrons. The van der Waals surface area contributed by atoms with E-state index in [2.05, 4.69) is 52.2 Å². The maximum atomic E-state index is 5.57. The van der Waals surface area contributed by atoms with Gasteiger partial charge in [-0.25, -0.2) is 0 Å². The van der Waals surface area contributed by atoms with E-state index in [9.17, 15) is 0 Å². The van der Waals surface area contributed by atoms with Gasteiger partial charge in [-0.15, -0.1) is 11.3 Å². The van der Waals surface area contributed by atoms with E-state index in [1.807, 2.05) is 18.2 Å². The smallest absolute Gasteiger partial charge is 0.191 e. The zero-order valence-corrected chi connectivity index (χ0v) is 14.8. The van der Waals surface area contributed by atoms with Crippen LogP contribution in [0.2, 0.25) is 0 Å². The van der Waals surface area contributed by atoms with E-state index in [-0.39, 0.29) is 6.10 Å². The lowest BCUT2D eigenvalue weighted by molar-refractivity contribution is 0.106. The molecule has 2 unspecified atom stereocenters. The Kier molecular flexibility index (Phi) is 7.10. The molecule has 0 aliphatic heterocycles. The quantitative estimate of drug-likeness (QED) is 0.604. The molecule has 2 rings (SSSR count). The zero-order chi connectivity index (χ0) is 16.5. The largest absolute Gasteiger partial charge is 0.375 e. The summed E-state index contributed by atoms with van der Waals surface area (Å²) in [5.74, 6) is 1.26. The van der Waals surface area contributed by atoms with E-state index >= 15 is 0 Å². The second-order valence-corrected chi connectivity index (χ2v) is 6.36. The van der Waals surface area contributed by atoms with Gasteiger partial charge in [-0.1, -0.05) is 43.3 Å². The van der Waals surface area contributed by atoms with Crippen LogP contribution < -0.4 is 10.6 Å². The summed E-state index contributed by atoms with van der Waals surface area (Å²) in [5.41, 5.74) is 1.16. The van der Waals surface area contributed by atoms with E-state index in [4.69, 9.17) is 4.74 Å². The molecule has 5 heteroatoms. The van der Waals surface area contributed by atoms with Crippen LogP contribution in [-0.2, 0) is 4.74 Å². The number of benzene rings is 1. The van der Waals surface area contributed by atoms with E-state index in [0.717, 1.165) is 18.1 Å². The van der Waals surface area contributed by atoms with Gasteiger partial charge in [0.2, 0.25) is 0 Å². The minimum atomic E-state index is 0.00414. The number of aliphatic imine (C=N–C) groups is 1. The number of nitrogens with zero attached hydrogens (tertiary/aromatic N) is 1. The van der Waals surface area contributed by atoms with Crippen molar-refractivity contribution in [1.29, 1.82) is 0 Å². The molecule has 0 fully saturated rings. The molecule has 0 aliphatic rings. The molecular weight excluding hydrogens is 306 g/mol. The third-order valence-electron chi connectivity index (χ3n) is 3.74. The zero-order valence-electron chi connectivity index (χ0n) is 14.0. The second-order valence-electron chi connectivity index (χ2n) is 5.39. The number of hydrogen-bond donors (Lipinski definition) is 2. The summed E-state index contributed by atoms with van der Waals surface area (Å²) in [6.07, 6.45) is 0.00414. The highest BCUT2D eigenvalue weighted by atomic mass is 32.1. The summed E-state index contributed by atoms with van der Waals surface area (Å²) in [5, 5.41) is 8.83. The Morgan fingerprint density at radius 1 is 1.13 bits per heavy atom. The third kappa shape index (κ3) is 5.37. The normalized spacial score (nSPS) is 14.3. The van der Waals surface area contributed by atoms with Crippen molar-refractivity contribution in [1.82, 2.24) is 10.6 Å².